The molecular weight excluding hydrogens is 414 g/mol. The van der Waals surface area contributed by atoms with Crippen molar-refractivity contribution in [1.82, 2.24) is 0 Å². The smallest absolute Gasteiger partial charge is 0.134 e. The van der Waals surface area contributed by atoms with Crippen LogP contribution >= 0.6 is 0 Å². The van der Waals surface area contributed by atoms with Gasteiger partial charge in [-0.2, -0.15) is 0 Å². The van der Waals surface area contributed by atoms with E-state index in [0.717, 1.165) is 16.7 Å². The van der Waals surface area contributed by atoms with E-state index in [-0.39, 0.29) is 0 Å². The van der Waals surface area contributed by atoms with Crippen molar-refractivity contribution in [2.75, 3.05) is 17.2 Å². The summed E-state index contributed by atoms with van der Waals surface area (Å²) in [5, 5.41) is 0. The van der Waals surface area contributed by atoms with E-state index in [1.807, 2.05) is 75.4 Å². The second-order valence-corrected chi connectivity index (χ2v) is 8.00. The van der Waals surface area contributed by atoms with Gasteiger partial charge in [0.25, 0.3) is 0 Å². The van der Waals surface area contributed by atoms with Crippen LogP contribution in [0.25, 0.3) is 0 Å². The molecule has 0 unspecified atom stereocenters. The number of nitrogen functional groups attached to an aromatic ring is 3. The molecule has 0 amide bonds. The van der Waals surface area contributed by atoms with Crippen molar-refractivity contribution in [3.8, 4) is 34.5 Å². The zero-order chi connectivity index (χ0) is 23.5. The second-order valence-electron chi connectivity index (χ2n) is 8.00. The van der Waals surface area contributed by atoms with Crippen LogP contribution in [0, 0.1) is 20.8 Å². The molecule has 0 aliphatic carbocycles. The molecule has 33 heavy (non-hydrogen) atoms. The van der Waals surface area contributed by atoms with E-state index >= 15 is 0 Å². The molecule has 6 heteroatoms. The van der Waals surface area contributed by atoms with Crippen molar-refractivity contribution in [2.45, 2.75) is 20.8 Å². The summed E-state index contributed by atoms with van der Waals surface area (Å²) in [4.78, 5) is 0. The highest BCUT2D eigenvalue weighted by Crippen LogP contribution is 2.36. The summed E-state index contributed by atoms with van der Waals surface area (Å²) >= 11 is 0. The highest BCUT2D eigenvalue weighted by molar-refractivity contribution is 5.54. The van der Waals surface area contributed by atoms with Crippen molar-refractivity contribution in [3.05, 3.63) is 89.5 Å². The Hall–Kier alpha value is -4.32. The van der Waals surface area contributed by atoms with Crippen molar-refractivity contribution in [2.24, 2.45) is 0 Å². The molecule has 0 fully saturated rings. The second kappa shape index (κ2) is 9.04. The zero-order valence-electron chi connectivity index (χ0n) is 18.9. The summed E-state index contributed by atoms with van der Waals surface area (Å²) in [7, 11) is 0. The summed E-state index contributed by atoms with van der Waals surface area (Å²) in [6, 6.07) is 22.0. The number of aryl methyl sites for hydroxylation is 3. The SMILES string of the molecule is Cc1cc(Oc2cc(Oc3ccc(N)c(C)c3)cc(Oc3ccc(N)c(C)c3)c2)ccc1N. The summed E-state index contributed by atoms with van der Waals surface area (Å²) in [5.74, 6) is 3.67. The number of ether oxygens (including phenoxy) is 3. The molecule has 4 aromatic carbocycles. The lowest BCUT2D eigenvalue weighted by Crippen LogP contribution is -1.94. The van der Waals surface area contributed by atoms with Gasteiger partial charge in [0, 0.05) is 35.3 Å². The normalized spacial score (nSPS) is 10.6. The highest BCUT2D eigenvalue weighted by atomic mass is 16.5. The van der Waals surface area contributed by atoms with Crippen LogP contribution in [0.2, 0.25) is 0 Å². The Labute approximate surface area is 193 Å². The van der Waals surface area contributed by atoms with Crippen molar-refractivity contribution >= 4 is 17.1 Å². The Kier molecular flexibility index (Phi) is 6.00. The molecule has 0 aliphatic heterocycles. The molecule has 4 aromatic rings. The number of nitrogens with two attached hydrogens (primary N) is 3. The van der Waals surface area contributed by atoms with Crippen LogP contribution < -0.4 is 31.4 Å². The maximum atomic E-state index is 6.10. The first-order valence-corrected chi connectivity index (χ1v) is 10.5. The molecule has 0 spiro atoms. The molecule has 0 radical (unpaired) electrons. The molecule has 6 nitrogen and oxygen atoms in total. The van der Waals surface area contributed by atoms with E-state index in [2.05, 4.69) is 0 Å². The van der Waals surface area contributed by atoms with Gasteiger partial charge in [0.05, 0.1) is 0 Å². The maximum Gasteiger partial charge on any atom is 0.134 e. The summed E-state index contributed by atoms with van der Waals surface area (Å²) in [5.41, 5.74) is 22.7. The van der Waals surface area contributed by atoms with E-state index in [4.69, 9.17) is 31.4 Å². The first-order valence-electron chi connectivity index (χ1n) is 10.5. The molecule has 0 aliphatic rings. The van der Waals surface area contributed by atoms with Crippen LogP contribution in [0.1, 0.15) is 16.7 Å². The van der Waals surface area contributed by atoms with E-state index < -0.39 is 0 Å². The molecule has 0 saturated heterocycles. The molecule has 168 valence electrons. The van der Waals surface area contributed by atoms with Crippen LogP contribution in [-0.2, 0) is 0 Å². The van der Waals surface area contributed by atoms with Gasteiger partial charge in [-0.25, -0.2) is 0 Å². The third-order valence-corrected chi connectivity index (χ3v) is 5.28. The molecule has 4 rings (SSSR count). The zero-order valence-corrected chi connectivity index (χ0v) is 18.9. The minimum Gasteiger partial charge on any atom is -0.457 e. The maximum absolute atomic E-state index is 6.10. The third-order valence-electron chi connectivity index (χ3n) is 5.28. The Bertz CT molecular complexity index is 1150. The minimum absolute atomic E-state index is 0.561. The molecule has 0 heterocycles. The van der Waals surface area contributed by atoms with Gasteiger partial charge in [-0.3, -0.25) is 0 Å². The highest BCUT2D eigenvalue weighted by Gasteiger charge is 2.10. The summed E-state index contributed by atoms with van der Waals surface area (Å²) in [6.07, 6.45) is 0. The van der Waals surface area contributed by atoms with E-state index in [1.165, 1.54) is 0 Å². The van der Waals surface area contributed by atoms with Gasteiger partial charge in [-0.1, -0.05) is 0 Å². The fraction of sp³-hybridized carbons (Fsp3) is 0.111. The minimum atomic E-state index is 0.561. The van der Waals surface area contributed by atoms with Gasteiger partial charge in [-0.05, 0) is 92.1 Å². The van der Waals surface area contributed by atoms with Gasteiger partial charge in [0.2, 0.25) is 0 Å². The van der Waals surface area contributed by atoms with Gasteiger partial charge in [0.15, 0.2) is 0 Å². The number of anilines is 3. The lowest BCUT2D eigenvalue weighted by atomic mass is 10.2. The fourth-order valence-corrected chi connectivity index (χ4v) is 3.27. The topological polar surface area (TPSA) is 106 Å². The lowest BCUT2D eigenvalue weighted by molar-refractivity contribution is 0.439. The number of hydrogen-bond donors (Lipinski definition) is 3. The lowest BCUT2D eigenvalue weighted by Gasteiger charge is -2.14. The van der Waals surface area contributed by atoms with E-state index in [9.17, 15) is 0 Å². The largest absolute Gasteiger partial charge is 0.457 e. The van der Waals surface area contributed by atoms with Crippen LogP contribution in [0.3, 0.4) is 0 Å². The molecular formula is C27H27N3O3. The predicted octanol–water partition coefficient (Wildman–Crippen LogP) is 6.74. The molecule has 0 aromatic heterocycles. The van der Waals surface area contributed by atoms with Crippen LogP contribution in [0.5, 0.6) is 34.5 Å². The Morgan fingerprint density at radius 1 is 0.394 bits per heavy atom. The third kappa shape index (κ3) is 5.30. The van der Waals surface area contributed by atoms with Gasteiger partial charge < -0.3 is 31.4 Å². The summed E-state index contributed by atoms with van der Waals surface area (Å²) in [6.45, 7) is 5.80. The first kappa shape index (κ1) is 21.9. The van der Waals surface area contributed by atoms with E-state index in [1.54, 1.807) is 18.2 Å². The van der Waals surface area contributed by atoms with Crippen LogP contribution in [-0.4, -0.2) is 0 Å². The Morgan fingerprint density at radius 2 is 0.667 bits per heavy atom. The van der Waals surface area contributed by atoms with Crippen molar-refractivity contribution < 1.29 is 14.2 Å². The summed E-state index contributed by atoms with van der Waals surface area (Å²) < 4.78 is 18.3. The van der Waals surface area contributed by atoms with Gasteiger partial charge in [0.1, 0.15) is 34.5 Å². The van der Waals surface area contributed by atoms with Crippen molar-refractivity contribution in [3.63, 3.8) is 0 Å². The number of hydrogen-bond acceptors (Lipinski definition) is 6. The van der Waals surface area contributed by atoms with Crippen LogP contribution in [0.15, 0.2) is 72.8 Å². The molecule has 0 bridgehead atoms. The average Bonchev–Trinajstić information content (AvgIpc) is 2.76. The first-order chi connectivity index (χ1) is 15.8. The molecule has 6 N–H and O–H groups in total. The Balaban J connectivity index is 1.68. The number of rotatable bonds is 6. The molecule has 0 atom stereocenters. The average molecular weight is 442 g/mol. The standard InChI is InChI=1S/C27H27N3O3/c1-16-10-19(4-7-25(16)28)31-22-13-23(32-20-5-8-26(29)17(2)11-20)15-24(14-22)33-21-6-9-27(30)18(3)12-21/h4-15H,28-30H2,1-3H3. The fourth-order valence-electron chi connectivity index (χ4n) is 3.27. The van der Waals surface area contributed by atoms with E-state index in [0.29, 0.717) is 51.6 Å². The van der Waals surface area contributed by atoms with Gasteiger partial charge in [-0.15, -0.1) is 0 Å². The molecule has 0 saturated carbocycles. The van der Waals surface area contributed by atoms with Crippen molar-refractivity contribution in [1.29, 1.82) is 0 Å². The number of benzene rings is 4. The monoisotopic (exact) mass is 441 g/mol. The quantitative estimate of drug-likeness (QED) is 0.286. The Morgan fingerprint density at radius 3 is 0.909 bits per heavy atom. The van der Waals surface area contributed by atoms with Crippen LogP contribution in [0.4, 0.5) is 17.1 Å². The predicted molar refractivity (Wildman–Crippen MR) is 133 cm³/mol. The van der Waals surface area contributed by atoms with Gasteiger partial charge >= 0.3 is 0 Å².